The average Bonchev–Trinajstić information content (AvgIpc) is 2.25. The lowest BCUT2D eigenvalue weighted by molar-refractivity contribution is -0.187. The molecule has 1 rings (SSSR count). The lowest BCUT2D eigenvalue weighted by atomic mass is 10.2. The van der Waals surface area contributed by atoms with E-state index in [1.54, 1.807) is 6.92 Å². The first-order valence-electron chi connectivity index (χ1n) is 5.33. The maximum atomic E-state index is 12.6. The van der Waals surface area contributed by atoms with E-state index in [1.807, 2.05) is 0 Å². The molecule has 1 atom stereocenters. The third kappa shape index (κ3) is 5.61. The highest BCUT2D eigenvalue weighted by Crippen LogP contribution is 2.27. The van der Waals surface area contributed by atoms with Gasteiger partial charge in [-0.25, -0.2) is 0 Å². The molecule has 0 spiro atoms. The molecule has 1 aromatic rings. The molecule has 0 aliphatic carbocycles. The quantitative estimate of drug-likeness (QED) is 0.640. The van der Waals surface area contributed by atoms with Crippen LogP contribution in [0.5, 0.6) is 0 Å². The topological polar surface area (TPSA) is 97.7 Å². The van der Waals surface area contributed by atoms with Crippen LogP contribution in [-0.2, 0) is 24.4 Å². The molecule has 6 nitrogen and oxygen atoms in total. The van der Waals surface area contributed by atoms with Crippen molar-refractivity contribution in [3.8, 4) is 0 Å². The van der Waals surface area contributed by atoms with Crippen LogP contribution in [-0.4, -0.2) is 39.4 Å². The highest BCUT2D eigenvalue weighted by atomic mass is 32.2. The number of rotatable bonds is 5. The van der Waals surface area contributed by atoms with Gasteiger partial charge in [-0.3, -0.25) is 8.74 Å². The van der Waals surface area contributed by atoms with E-state index in [4.69, 9.17) is 4.55 Å². The first-order valence-corrected chi connectivity index (χ1v) is 8.35. The van der Waals surface area contributed by atoms with Crippen molar-refractivity contribution in [2.24, 2.45) is 0 Å². The maximum absolute atomic E-state index is 12.6. The Kier molecular flexibility index (Phi) is 5.03. The second-order valence-electron chi connectivity index (χ2n) is 4.14. The zero-order valence-corrected chi connectivity index (χ0v) is 12.2. The molecule has 21 heavy (non-hydrogen) atoms. The van der Waals surface area contributed by atoms with Crippen molar-refractivity contribution in [1.29, 1.82) is 0 Å². The zero-order chi connectivity index (χ0) is 16.5. The van der Waals surface area contributed by atoms with Crippen molar-refractivity contribution >= 4 is 20.2 Å². The van der Waals surface area contributed by atoms with Crippen LogP contribution in [0, 0.1) is 6.92 Å². The van der Waals surface area contributed by atoms with E-state index in [0.29, 0.717) is 5.56 Å². The van der Waals surface area contributed by atoms with Gasteiger partial charge in [0.15, 0.2) is 6.10 Å². The van der Waals surface area contributed by atoms with Crippen molar-refractivity contribution in [2.45, 2.75) is 24.1 Å². The largest absolute Gasteiger partial charge is 0.417 e. The van der Waals surface area contributed by atoms with E-state index in [1.165, 1.54) is 12.1 Å². The number of alkyl halides is 3. The Morgan fingerprint density at radius 1 is 1.14 bits per heavy atom. The molecule has 0 saturated heterocycles. The number of hydrogen-bond acceptors (Lipinski definition) is 5. The van der Waals surface area contributed by atoms with Crippen molar-refractivity contribution in [2.75, 3.05) is 5.75 Å². The summed E-state index contributed by atoms with van der Waals surface area (Å²) < 4.78 is 94.6. The standard InChI is InChI=1S/C10H11F3O6S2/c1-7-2-4-8(5-3-7)21(17,18)19-9(10(11,12)13)6-20(14,15)16/h2-5,9H,6H2,1H3,(H,14,15,16). The minimum absolute atomic E-state index is 0.558. The lowest BCUT2D eigenvalue weighted by Crippen LogP contribution is -2.39. The predicted molar refractivity (Wildman–Crippen MR) is 65.7 cm³/mol. The van der Waals surface area contributed by atoms with E-state index in [0.717, 1.165) is 12.1 Å². The van der Waals surface area contributed by atoms with Crippen LogP contribution >= 0.6 is 0 Å². The molecule has 0 radical (unpaired) electrons. The summed E-state index contributed by atoms with van der Waals surface area (Å²) in [4.78, 5) is -0.558. The molecule has 1 aromatic carbocycles. The third-order valence-electron chi connectivity index (χ3n) is 2.28. The van der Waals surface area contributed by atoms with E-state index in [-0.39, 0.29) is 0 Å². The number of halogens is 3. The smallest absolute Gasteiger partial charge is 0.285 e. The molecule has 120 valence electrons. The monoisotopic (exact) mass is 348 g/mol. The molecule has 0 fully saturated rings. The Bertz CT molecular complexity index is 691. The molecule has 1 unspecified atom stereocenters. The Balaban J connectivity index is 3.10. The van der Waals surface area contributed by atoms with Gasteiger partial charge in [0.05, 0.1) is 4.90 Å². The van der Waals surface area contributed by atoms with E-state index in [2.05, 4.69) is 4.18 Å². The first-order chi connectivity index (χ1) is 9.31. The van der Waals surface area contributed by atoms with Gasteiger partial charge in [0, 0.05) is 0 Å². The zero-order valence-electron chi connectivity index (χ0n) is 10.5. The summed E-state index contributed by atoms with van der Waals surface area (Å²) in [7, 11) is -9.90. The molecule has 0 heterocycles. The van der Waals surface area contributed by atoms with Gasteiger partial charge in [-0.05, 0) is 19.1 Å². The average molecular weight is 348 g/mol. The molecule has 0 aliphatic rings. The van der Waals surface area contributed by atoms with Crippen molar-refractivity contribution in [3.05, 3.63) is 29.8 Å². The van der Waals surface area contributed by atoms with Crippen LogP contribution in [0.25, 0.3) is 0 Å². The van der Waals surface area contributed by atoms with Gasteiger partial charge in [0.25, 0.3) is 20.2 Å². The van der Waals surface area contributed by atoms with Gasteiger partial charge in [-0.15, -0.1) is 0 Å². The molecule has 0 bridgehead atoms. The summed E-state index contributed by atoms with van der Waals surface area (Å²) in [6.45, 7) is 1.63. The second kappa shape index (κ2) is 5.91. The number of benzene rings is 1. The van der Waals surface area contributed by atoms with Crippen molar-refractivity contribution in [1.82, 2.24) is 0 Å². The fourth-order valence-corrected chi connectivity index (χ4v) is 3.07. The fraction of sp³-hybridized carbons (Fsp3) is 0.400. The minimum atomic E-state index is -5.28. The van der Waals surface area contributed by atoms with Crippen LogP contribution in [0.15, 0.2) is 29.2 Å². The van der Waals surface area contributed by atoms with Gasteiger partial charge in [0.1, 0.15) is 5.75 Å². The predicted octanol–water partition coefficient (Wildman–Crippen LogP) is 1.52. The molecular formula is C10H11F3O6S2. The summed E-state index contributed by atoms with van der Waals surface area (Å²) in [5.74, 6) is -1.92. The van der Waals surface area contributed by atoms with Gasteiger partial charge in [0.2, 0.25) is 0 Å². The summed E-state index contributed by atoms with van der Waals surface area (Å²) >= 11 is 0. The van der Waals surface area contributed by atoms with Crippen LogP contribution in [0.1, 0.15) is 5.56 Å². The van der Waals surface area contributed by atoms with E-state index in [9.17, 15) is 30.0 Å². The van der Waals surface area contributed by atoms with Crippen molar-refractivity contribution in [3.63, 3.8) is 0 Å². The fourth-order valence-electron chi connectivity index (χ4n) is 1.28. The molecular weight excluding hydrogens is 337 g/mol. The van der Waals surface area contributed by atoms with Crippen LogP contribution < -0.4 is 0 Å². The maximum Gasteiger partial charge on any atom is 0.417 e. The number of aryl methyl sites for hydroxylation is 1. The van der Waals surface area contributed by atoms with Gasteiger partial charge in [-0.2, -0.15) is 30.0 Å². The van der Waals surface area contributed by atoms with Gasteiger partial charge >= 0.3 is 6.18 Å². The lowest BCUT2D eigenvalue weighted by Gasteiger charge is -2.19. The summed E-state index contributed by atoms with van der Waals surface area (Å²) in [5, 5.41) is 0. The van der Waals surface area contributed by atoms with Crippen LogP contribution in [0.4, 0.5) is 13.2 Å². The van der Waals surface area contributed by atoms with Crippen molar-refractivity contribution < 1.29 is 38.7 Å². The Hall–Kier alpha value is -1.17. The molecule has 0 aromatic heterocycles. The summed E-state index contributed by atoms with van der Waals surface area (Å²) in [5.41, 5.74) is 0.666. The second-order valence-corrected chi connectivity index (χ2v) is 7.21. The molecule has 0 amide bonds. The Morgan fingerprint density at radius 2 is 1.62 bits per heavy atom. The molecule has 0 aliphatic heterocycles. The van der Waals surface area contributed by atoms with E-state index < -0.39 is 43.2 Å². The highest BCUT2D eigenvalue weighted by Gasteiger charge is 2.46. The van der Waals surface area contributed by atoms with Crippen LogP contribution in [0.2, 0.25) is 0 Å². The van der Waals surface area contributed by atoms with E-state index >= 15 is 0 Å². The SMILES string of the molecule is Cc1ccc(S(=O)(=O)OC(CS(=O)(=O)O)C(F)(F)F)cc1. The molecule has 1 N–H and O–H groups in total. The highest BCUT2D eigenvalue weighted by molar-refractivity contribution is 7.87. The Labute approximate surface area is 119 Å². The molecule has 0 saturated carbocycles. The van der Waals surface area contributed by atoms with Gasteiger partial charge < -0.3 is 0 Å². The summed E-state index contributed by atoms with van der Waals surface area (Å²) in [6.07, 6.45) is -8.48. The normalized spacial score (nSPS) is 14.9. The summed E-state index contributed by atoms with van der Waals surface area (Å²) in [6, 6.07) is 4.71. The molecule has 11 heteroatoms. The number of hydrogen-bond donors (Lipinski definition) is 1. The van der Waals surface area contributed by atoms with Crippen LogP contribution in [0.3, 0.4) is 0 Å². The Morgan fingerprint density at radius 3 is 2.00 bits per heavy atom. The third-order valence-corrected chi connectivity index (χ3v) is 4.34. The first kappa shape index (κ1) is 17.9. The minimum Gasteiger partial charge on any atom is -0.285 e. The van der Waals surface area contributed by atoms with Gasteiger partial charge in [-0.1, -0.05) is 17.7 Å².